The molecule has 0 radical (unpaired) electrons. The summed E-state index contributed by atoms with van der Waals surface area (Å²) >= 11 is 0. The van der Waals surface area contributed by atoms with Crippen molar-refractivity contribution in [1.29, 1.82) is 0 Å². The minimum atomic E-state index is -3.50. The summed E-state index contributed by atoms with van der Waals surface area (Å²) in [5.74, 6) is -0.186. The maximum Gasteiger partial charge on any atom is 0.240 e. The third kappa shape index (κ3) is 4.96. The lowest BCUT2D eigenvalue weighted by Crippen LogP contribution is -2.25. The standard InChI is InChI=1S/C16H22N2O3S/c1-13(19)18-15-7-9-16(10-8-15)22(20,21)17-12-11-14-5-3-2-4-6-14/h5,7-10,17H,2-4,6,11-12H2,1H3,(H,18,19). The minimum absolute atomic E-state index is 0.186. The van der Waals surface area contributed by atoms with Gasteiger partial charge in [0.1, 0.15) is 0 Å². The van der Waals surface area contributed by atoms with Gasteiger partial charge in [-0.3, -0.25) is 4.79 Å². The fraction of sp³-hybridized carbons (Fsp3) is 0.438. The van der Waals surface area contributed by atoms with E-state index in [9.17, 15) is 13.2 Å². The lowest BCUT2D eigenvalue weighted by atomic mass is 9.97. The smallest absolute Gasteiger partial charge is 0.240 e. The lowest BCUT2D eigenvalue weighted by molar-refractivity contribution is -0.114. The van der Waals surface area contributed by atoms with E-state index in [-0.39, 0.29) is 10.8 Å². The predicted octanol–water partition coefficient (Wildman–Crippen LogP) is 2.81. The molecule has 1 aromatic rings. The third-order valence-electron chi connectivity index (χ3n) is 3.61. The van der Waals surface area contributed by atoms with Crippen LogP contribution in [-0.2, 0) is 14.8 Å². The molecule has 22 heavy (non-hydrogen) atoms. The summed E-state index contributed by atoms with van der Waals surface area (Å²) in [4.78, 5) is 11.1. The summed E-state index contributed by atoms with van der Waals surface area (Å²) < 4.78 is 27.0. The van der Waals surface area contributed by atoms with Crippen LogP contribution in [0.2, 0.25) is 0 Å². The van der Waals surface area contributed by atoms with Gasteiger partial charge in [0.2, 0.25) is 15.9 Å². The molecule has 0 spiro atoms. The Hall–Kier alpha value is -1.66. The molecule has 6 heteroatoms. The quantitative estimate of drug-likeness (QED) is 0.791. The van der Waals surface area contributed by atoms with Gasteiger partial charge in [-0.1, -0.05) is 11.6 Å². The molecule has 1 amide bonds. The number of anilines is 1. The lowest BCUT2D eigenvalue weighted by Gasteiger charge is -2.13. The average molecular weight is 322 g/mol. The van der Waals surface area contributed by atoms with Crippen LogP contribution in [0.3, 0.4) is 0 Å². The van der Waals surface area contributed by atoms with Crippen molar-refractivity contribution >= 4 is 21.6 Å². The van der Waals surface area contributed by atoms with E-state index in [4.69, 9.17) is 0 Å². The molecule has 0 saturated carbocycles. The molecule has 0 atom stereocenters. The number of rotatable bonds is 6. The molecular weight excluding hydrogens is 300 g/mol. The molecule has 0 saturated heterocycles. The van der Waals surface area contributed by atoms with E-state index in [2.05, 4.69) is 16.1 Å². The van der Waals surface area contributed by atoms with Crippen molar-refractivity contribution < 1.29 is 13.2 Å². The van der Waals surface area contributed by atoms with Gasteiger partial charge in [-0.05, 0) is 56.4 Å². The molecule has 1 aliphatic rings. The summed E-state index contributed by atoms with van der Waals surface area (Å²) in [7, 11) is -3.50. The van der Waals surface area contributed by atoms with E-state index in [1.807, 2.05) is 0 Å². The molecule has 120 valence electrons. The number of nitrogens with one attached hydrogen (secondary N) is 2. The van der Waals surface area contributed by atoms with Crippen LogP contribution in [0.15, 0.2) is 40.8 Å². The first-order valence-electron chi connectivity index (χ1n) is 7.52. The highest BCUT2D eigenvalue weighted by Gasteiger charge is 2.14. The van der Waals surface area contributed by atoms with Crippen LogP contribution in [-0.4, -0.2) is 20.9 Å². The molecule has 0 aliphatic heterocycles. The second-order valence-electron chi connectivity index (χ2n) is 5.46. The van der Waals surface area contributed by atoms with Crippen LogP contribution in [0.25, 0.3) is 0 Å². The first-order valence-corrected chi connectivity index (χ1v) is 9.01. The van der Waals surface area contributed by atoms with Crippen molar-refractivity contribution in [2.24, 2.45) is 0 Å². The highest BCUT2D eigenvalue weighted by Crippen LogP contribution is 2.20. The highest BCUT2D eigenvalue weighted by molar-refractivity contribution is 7.89. The Morgan fingerprint density at radius 1 is 1.18 bits per heavy atom. The number of amides is 1. The minimum Gasteiger partial charge on any atom is -0.326 e. The second-order valence-corrected chi connectivity index (χ2v) is 7.23. The molecule has 5 nitrogen and oxygen atoms in total. The van der Waals surface area contributed by atoms with Crippen LogP contribution in [0.5, 0.6) is 0 Å². The third-order valence-corrected chi connectivity index (χ3v) is 5.09. The van der Waals surface area contributed by atoms with Crippen molar-refractivity contribution in [2.45, 2.75) is 43.9 Å². The van der Waals surface area contributed by atoms with Gasteiger partial charge in [-0.2, -0.15) is 0 Å². The molecular formula is C16H22N2O3S. The molecule has 0 aromatic heterocycles. The molecule has 0 bridgehead atoms. The van der Waals surface area contributed by atoms with Crippen molar-refractivity contribution in [2.75, 3.05) is 11.9 Å². The van der Waals surface area contributed by atoms with Crippen molar-refractivity contribution in [3.8, 4) is 0 Å². The van der Waals surface area contributed by atoms with E-state index < -0.39 is 10.0 Å². The second kappa shape index (κ2) is 7.56. The Labute approximate surface area is 131 Å². The topological polar surface area (TPSA) is 75.3 Å². The van der Waals surface area contributed by atoms with Gasteiger partial charge in [0.05, 0.1) is 4.90 Å². The van der Waals surface area contributed by atoms with Crippen LogP contribution in [0.1, 0.15) is 39.0 Å². The summed E-state index contributed by atoms with van der Waals surface area (Å²) in [6, 6.07) is 6.15. The molecule has 0 fully saturated rings. The Kier molecular flexibility index (Phi) is 5.74. The van der Waals surface area contributed by atoms with Gasteiger partial charge in [-0.15, -0.1) is 0 Å². The summed E-state index contributed by atoms with van der Waals surface area (Å²) in [5.41, 5.74) is 1.92. The summed E-state index contributed by atoms with van der Waals surface area (Å²) in [6.07, 6.45) is 7.60. The van der Waals surface area contributed by atoms with Gasteiger partial charge >= 0.3 is 0 Å². The average Bonchev–Trinajstić information content (AvgIpc) is 2.48. The number of hydrogen-bond donors (Lipinski definition) is 2. The van der Waals surface area contributed by atoms with Crippen LogP contribution >= 0.6 is 0 Å². The molecule has 0 heterocycles. The Morgan fingerprint density at radius 2 is 1.91 bits per heavy atom. The number of allylic oxidation sites excluding steroid dienone is 1. The molecule has 2 rings (SSSR count). The van der Waals surface area contributed by atoms with Crippen molar-refractivity contribution in [3.63, 3.8) is 0 Å². The normalized spacial score (nSPS) is 15.2. The molecule has 1 aromatic carbocycles. The Bertz CT molecular complexity index is 648. The number of carbonyl (C=O) groups excluding carboxylic acids is 1. The maximum absolute atomic E-state index is 12.2. The molecule has 0 unspecified atom stereocenters. The number of sulfonamides is 1. The van der Waals surface area contributed by atoms with Gasteiger partial charge in [0, 0.05) is 19.2 Å². The van der Waals surface area contributed by atoms with Gasteiger partial charge in [-0.25, -0.2) is 13.1 Å². The van der Waals surface area contributed by atoms with E-state index in [1.165, 1.54) is 37.5 Å². The fourth-order valence-corrected chi connectivity index (χ4v) is 3.51. The number of hydrogen-bond acceptors (Lipinski definition) is 3. The Morgan fingerprint density at radius 3 is 2.50 bits per heavy atom. The zero-order valence-electron chi connectivity index (χ0n) is 12.8. The SMILES string of the molecule is CC(=O)Nc1ccc(S(=O)(=O)NCCC2=CCCCC2)cc1. The number of carbonyl (C=O) groups is 1. The van der Waals surface area contributed by atoms with Gasteiger partial charge in [0.25, 0.3) is 0 Å². The fourth-order valence-electron chi connectivity index (χ4n) is 2.48. The first-order chi connectivity index (χ1) is 10.5. The van der Waals surface area contributed by atoms with Crippen molar-refractivity contribution in [3.05, 3.63) is 35.9 Å². The Balaban J connectivity index is 1.91. The maximum atomic E-state index is 12.2. The molecule has 1 aliphatic carbocycles. The van der Waals surface area contributed by atoms with Crippen molar-refractivity contribution in [1.82, 2.24) is 4.72 Å². The van der Waals surface area contributed by atoms with E-state index in [0.717, 1.165) is 19.3 Å². The van der Waals surface area contributed by atoms with Gasteiger partial charge < -0.3 is 5.32 Å². The largest absolute Gasteiger partial charge is 0.326 e. The zero-order valence-corrected chi connectivity index (χ0v) is 13.6. The van der Waals surface area contributed by atoms with Crippen LogP contribution in [0.4, 0.5) is 5.69 Å². The number of benzene rings is 1. The van der Waals surface area contributed by atoms with Crippen LogP contribution in [0, 0.1) is 0 Å². The van der Waals surface area contributed by atoms with Crippen LogP contribution < -0.4 is 10.0 Å². The summed E-state index contributed by atoms with van der Waals surface area (Å²) in [6.45, 7) is 1.83. The van der Waals surface area contributed by atoms with E-state index in [0.29, 0.717) is 12.2 Å². The first kappa shape index (κ1) is 16.7. The van der Waals surface area contributed by atoms with Gasteiger partial charge in [0.15, 0.2) is 0 Å². The summed E-state index contributed by atoms with van der Waals surface area (Å²) in [5, 5.41) is 2.61. The van der Waals surface area contributed by atoms with E-state index >= 15 is 0 Å². The predicted molar refractivity (Wildman–Crippen MR) is 87.1 cm³/mol. The zero-order chi connectivity index (χ0) is 16.0. The monoisotopic (exact) mass is 322 g/mol. The van der Waals surface area contributed by atoms with E-state index in [1.54, 1.807) is 12.1 Å². The highest BCUT2D eigenvalue weighted by atomic mass is 32.2. The molecule has 2 N–H and O–H groups in total.